The van der Waals surface area contributed by atoms with E-state index in [2.05, 4.69) is 5.32 Å². The predicted octanol–water partition coefficient (Wildman–Crippen LogP) is 3.21. The maximum absolute atomic E-state index is 13.2. The first-order valence-electron chi connectivity index (χ1n) is 11.1. The Hall–Kier alpha value is -3.11. The van der Waals surface area contributed by atoms with Crippen LogP contribution in [0.1, 0.15) is 32.1 Å². The van der Waals surface area contributed by atoms with E-state index in [1.807, 2.05) is 0 Å². The van der Waals surface area contributed by atoms with Crippen LogP contribution in [0.25, 0.3) is 0 Å². The number of ether oxygens (including phenoxy) is 3. The van der Waals surface area contributed by atoms with Gasteiger partial charge in [-0.2, -0.15) is 4.31 Å². The molecule has 2 aromatic carbocycles. The SMILES string of the molecule is COc1ccc(OCC(=O)OCC(=O)Nc2ccccc2S(=O)(=O)N(C)C2CCCCC2)cc1. The molecule has 0 atom stereocenters. The zero-order valence-corrected chi connectivity index (χ0v) is 20.2. The molecule has 10 heteroatoms. The van der Waals surface area contributed by atoms with Crippen LogP contribution in [0.2, 0.25) is 0 Å². The summed E-state index contributed by atoms with van der Waals surface area (Å²) in [5, 5.41) is 2.54. The fraction of sp³-hybridized carbons (Fsp3) is 0.417. The molecule has 1 amide bonds. The van der Waals surface area contributed by atoms with Gasteiger partial charge >= 0.3 is 5.97 Å². The highest BCUT2D eigenvalue weighted by Gasteiger charge is 2.31. The summed E-state index contributed by atoms with van der Waals surface area (Å²) in [6.07, 6.45) is 4.74. The van der Waals surface area contributed by atoms with E-state index in [0.717, 1.165) is 32.1 Å². The molecule has 34 heavy (non-hydrogen) atoms. The fourth-order valence-corrected chi connectivity index (χ4v) is 5.34. The summed E-state index contributed by atoms with van der Waals surface area (Å²) in [6.45, 7) is -0.950. The summed E-state index contributed by atoms with van der Waals surface area (Å²) in [5.74, 6) is -0.285. The molecule has 1 aliphatic rings. The number of hydrogen-bond acceptors (Lipinski definition) is 7. The van der Waals surface area contributed by atoms with Crippen molar-refractivity contribution in [3.8, 4) is 11.5 Å². The van der Waals surface area contributed by atoms with Gasteiger partial charge < -0.3 is 19.5 Å². The highest BCUT2D eigenvalue weighted by atomic mass is 32.2. The Morgan fingerprint density at radius 2 is 1.62 bits per heavy atom. The molecule has 0 bridgehead atoms. The van der Waals surface area contributed by atoms with Crippen molar-refractivity contribution >= 4 is 27.6 Å². The monoisotopic (exact) mass is 490 g/mol. The second-order valence-corrected chi connectivity index (χ2v) is 9.95. The van der Waals surface area contributed by atoms with Gasteiger partial charge in [-0.1, -0.05) is 31.4 Å². The number of methoxy groups -OCH3 is 1. The van der Waals surface area contributed by atoms with E-state index >= 15 is 0 Å². The lowest BCUT2D eigenvalue weighted by atomic mass is 9.96. The fourth-order valence-electron chi connectivity index (χ4n) is 3.78. The Balaban J connectivity index is 1.55. The molecule has 0 saturated heterocycles. The maximum atomic E-state index is 13.2. The van der Waals surface area contributed by atoms with E-state index in [-0.39, 0.29) is 23.2 Å². The minimum Gasteiger partial charge on any atom is -0.497 e. The first-order chi connectivity index (χ1) is 16.3. The van der Waals surface area contributed by atoms with Crippen LogP contribution in [0.15, 0.2) is 53.4 Å². The van der Waals surface area contributed by atoms with E-state index < -0.39 is 28.5 Å². The molecule has 184 valence electrons. The molecule has 0 spiro atoms. The molecule has 0 radical (unpaired) electrons. The van der Waals surface area contributed by atoms with Crippen molar-refractivity contribution in [1.29, 1.82) is 0 Å². The van der Waals surface area contributed by atoms with Crippen LogP contribution >= 0.6 is 0 Å². The molecule has 2 aromatic rings. The highest BCUT2D eigenvalue weighted by Crippen LogP contribution is 2.29. The van der Waals surface area contributed by atoms with Gasteiger partial charge in [-0.15, -0.1) is 0 Å². The number of nitrogens with one attached hydrogen (secondary N) is 1. The normalized spacial score (nSPS) is 14.4. The van der Waals surface area contributed by atoms with Gasteiger partial charge in [0, 0.05) is 13.1 Å². The summed E-state index contributed by atoms with van der Waals surface area (Å²) in [6, 6.07) is 12.8. The third kappa shape index (κ3) is 6.71. The van der Waals surface area contributed by atoms with Crippen LogP contribution in [-0.2, 0) is 24.3 Å². The molecule has 3 rings (SSSR count). The summed E-state index contributed by atoms with van der Waals surface area (Å²) in [7, 11) is -0.688. The summed E-state index contributed by atoms with van der Waals surface area (Å²) in [4.78, 5) is 24.3. The highest BCUT2D eigenvalue weighted by molar-refractivity contribution is 7.89. The molecule has 1 N–H and O–H groups in total. The van der Waals surface area contributed by atoms with Crippen LogP contribution in [0, 0.1) is 0 Å². The third-order valence-corrected chi connectivity index (χ3v) is 7.66. The number of carbonyl (C=O) groups excluding carboxylic acids is 2. The lowest BCUT2D eigenvalue weighted by Crippen LogP contribution is -2.38. The smallest absolute Gasteiger partial charge is 0.344 e. The lowest BCUT2D eigenvalue weighted by molar-refractivity contribution is -0.149. The first kappa shape index (κ1) is 25.5. The molecular formula is C24H30N2O7S. The minimum atomic E-state index is -3.81. The molecule has 0 heterocycles. The van der Waals surface area contributed by atoms with Crippen molar-refractivity contribution in [3.05, 3.63) is 48.5 Å². The van der Waals surface area contributed by atoms with Gasteiger partial charge in [0.2, 0.25) is 10.0 Å². The van der Waals surface area contributed by atoms with Gasteiger partial charge in [-0.25, -0.2) is 13.2 Å². The van der Waals surface area contributed by atoms with Crippen LogP contribution in [-0.4, -0.2) is 58.0 Å². The molecular weight excluding hydrogens is 460 g/mol. The van der Waals surface area contributed by atoms with Crippen molar-refractivity contribution in [2.45, 2.75) is 43.0 Å². The number of rotatable bonds is 10. The largest absolute Gasteiger partial charge is 0.497 e. The topological polar surface area (TPSA) is 111 Å². The molecule has 0 aliphatic heterocycles. The maximum Gasteiger partial charge on any atom is 0.344 e. The zero-order valence-electron chi connectivity index (χ0n) is 19.4. The standard InChI is InChI=1S/C24H30N2O7S/c1-26(18-8-4-3-5-9-18)34(29,30)22-11-7-6-10-21(22)25-23(27)16-33-24(28)17-32-20-14-12-19(31-2)13-15-20/h6-7,10-15,18H,3-5,8-9,16-17H2,1-2H3,(H,25,27). The van der Waals surface area contributed by atoms with E-state index in [9.17, 15) is 18.0 Å². The first-order valence-corrected chi connectivity index (χ1v) is 12.5. The number of sulfonamides is 1. The van der Waals surface area contributed by atoms with Crippen molar-refractivity contribution in [2.24, 2.45) is 0 Å². The van der Waals surface area contributed by atoms with Crippen molar-refractivity contribution < 1.29 is 32.2 Å². The van der Waals surface area contributed by atoms with Crippen LogP contribution < -0.4 is 14.8 Å². The second-order valence-electron chi connectivity index (χ2n) is 7.98. The van der Waals surface area contributed by atoms with Gasteiger partial charge in [0.1, 0.15) is 16.4 Å². The third-order valence-electron chi connectivity index (χ3n) is 5.69. The number of carbonyl (C=O) groups is 2. The number of hydrogen-bond donors (Lipinski definition) is 1. The minimum absolute atomic E-state index is 0.00518. The Morgan fingerprint density at radius 3 is 2.29 bits per heavy atom. The van der Waals surface area contributed by atoms with E-state index in [1.165, 1.54) is 16.4 Å². The van der Waals surface area contributed by atoms with Gasteiger partial charge in [0.25, 0.3) is 5.91 Å². The van der Waals surface area contributed by atoms with Crippen LogP contribution in [0.5, 0.6) is 11.5 Å². The summed E-state index contributed by atoms with van der Waals surface area (Å²) in [5.41, 5.74) is 0.140. The van der Waals surface area contributed by atoms with Crippen molar-refractivity contribution in [2.75, 3.05) is 32.7 Å². The number of anilines is 1. The van der Waals surface area contributed by atoms with E-state index in [1.54, 1.807) is 50.6 Å². The van der Waals surface area contributed by atoms with Gasteiger partial charge in [0.05, 0.1) is 12.8 Å². The Morgan fingerprint density at radius 1 is 0.971 bits per heavy atom. The summed E-state index contributed by atoms with van der Waals surface area (Å²) >= 11 is 0. The molecule has 0 unspecified atom stereocenters. The number of nitrogens with zero attached hydrogens (tertiary/aromatic N) is 1. The van der Waals surface area contributed by atoms with Gasteiger partial charge in [0.15, 0.2) is 13.2 Å². The number of esters is 1. The Kier molecular flexibility index (Phi) is 8.89. The predicted molar refractivity (Wildman–Crippen MR) is 126 cm³/mol. The zero-order chi connectivity index (χ0) is 24.6. The molecule has 0 aromatic heterocycles. The Labute approximate surface area is 200 Å². The molecule has 1 saturated carbocycles. The van der Waals surface area contributed by atoms with Crippen molar-refractivity contribution in [3.63, 3.8) is 0 Å². The van der Waals surface area contributed by atoms with Gasteiger partial charge in [-0.05, 0) is 49.2 Å². The molecule has 1 aliphatic carbocycles. The Bertz CT molecular complexity index is 1080. The van der Waals surface area contributed by atoms with Crippen LogP contribution in [0.4, 0.5) is 5.69 Å². The van der Waals surface area contributed by atoms with Crippen molar-refractivity contribution in [1.82, 2.24) is 4.31 Å². The number of benzene rings is 2. The summed E-state index contributed by atoms with van der Waals surface area (Å²) < 4.78 is 43.2. The average molecular weight is 491 g/mol. The quantitative estimate of drug-likeness (QED) is 0.509. The number of amides is 1. The molecule has 1 fully saturated rings. The lowest BCUT2D eigenvalue weighted by Gasteiger charge is -2.30. The average Bonchev–Trinajstić information content (AvgIpc) is 2.86. The second kappa shape index (κ2) is 11.8. The van der Waals surface area contributed by atoms with E-state index in [0.29, 0.717) is 11.5 Å². The van der Waals surface area contributed by atoms with Crippen LogP contribution in [0.3, 0.4) is 0 Å². The number of para-hydroxylation sites is 1. The van der Waals surface area contributed by atoms with E-state index in [4.69, 9.17) is 14.2 Å². The molecule has 9 nitrogen and oxygen atoms in total. The van der Waals surface area contributed by atoms with Gasteiger partial charge in [-0.3, -0.25) is 4.79 Å².